The molecule has 41 heavy (non-hydrogen) atoms. The van der Waals surface area contributed by atoms with Crippen molar-refractivity contribution in [3.63, 3.8) is 0 Å². The van der Waals surface area contributed by atoms with Gasteiger partial charge in [-0.2, -0.15) is 0 Å². The van der Waals surface area contributed by atoms with Gasteiger partial charge in [0.2, 0.25) is 0 Å². The van der Waals surface area contributed by atoms with Gasteiger partial charge in [0, 0.05) is 16.7 Å². The molecule has 0 bridgehead atoms. The predicted molar refractivity (Wildman–Crippen MR) is 162 cm³/mol. The number of benzene rings is 5. The Morgan fingerprint density at radius 1 is 0.610 bits per heavy atom. The summed E-state index contributed by atoms with van der Waals surface area (Å²) in [7, 11) is 0. The van der Waals surface area contributed by atoms with Crippen molar-refractivity contribution in [3.05, 3.63) is 156 Å². The highest BCUT2D eigenvalue weighted by Crippen LogP contribution is 2.44. The van der Waals surface area contributed by atoms with Crippen LogP contribution in [0.2, 0.25) is 0 Å². The van der Waals surface area contributed by atoms with Crippen LogP contribution in [0, 0.1) is 0 Å². The van der Waals surface area contributed by atoms with E-state index >= 15 is 0 Å². The van der Waals surface area contributed by atoms with Crippen molar-refractivity contribution in [2.75, 3.05) is 13.2 Å². The molecule has 0 radical (unpaired) electrons. The molecule has 5 aromatic carbocycles. The Labute approximate surface area is 242 Å². The molecule has 206 valence electrons. The van der Waals surface area contributed by atoms with Crippen molar-refractivity contribution in [2.45, 2.75) is 31.8 Å². The van der Waals surface area contributed by atoms with Crippen LogP contribution in [0.1, 0.15) is 42.4 Å². The van der Waals surface area contributed by atoms with Crippen molar-refractivity contribution in [2.24, 2.45) is 0 Å². The second-order valence-corrected chi connectivity index (χ2v) is 10.4. The molecule has 4 nitrogen and oxygen atoms in total. The number of hydrogen-bond donors (Lipinski definition) is 0. The summed E-state index contributed by atoms with van der Waals surface area (Å²) in [5, 5.41) is 0. The molecule has 0 saturated carbocycles. The summed E-state index contributed by atoms with van der Waals surface area (Å²) in [6.07, 6.45) is -0.431. The van der Waals surface area contributed by atoms with E-state index in [4.69, 9.17) is 18.9 Å². The normalized spacial score (nSPS) is 13.8. The van der Waals surface area contributed by atoms with Gasteiger partial charge >= 0.3 is 0 Å². The first-order valence-electron chi connectivity index (χ1n) is 14.1. The molecule has 6 rings (SSSR count). The van der Waals surface area contributed by atoms with Crippen LogP contribution in [0.15, 0.2) is 133 Å². The van der Waals surface area contributed by atoms with Crippen LogP contribution in [0.4, 0.5) is 0 Å². The Balaban J connectivity index is 1.52. The van der Waals surface area contributed by atoms with Gasteiger partial charge in [0.25, 0.3) is 0 Å². The zero-order chi connectivity index (χ0) is 28.1. The van der Waals surface area contributed by atoms with Crippen LogP contribution >= 0.6 is 0 Å². The molecular formula is C37H34O4. The van der Waals surface area contributed by atoms with E-state index in [2.05, 4.69) is 97.1 Å². The van der Waals surface area contributed by atoms with Crippen LogP contribution in [0.3, 0.4) is 0 Å². The SMILES string of the molecule is CC(C)Oc1cccc(-c2ccc(OC(c3ccccc3)(c3ccccc3)c3ccccc3)c(C3OCCO3)c2)c1. The first-order valence-corrected chi connectivity index (χ1v) is 14.1. The van der Waals surface area contributed by atoms with Crippen molar-refractivity contribution in [3.8, 4) is 22.6 Å². The first kappa shape index (κ1) is 26.8. The Morgan fingerprint density at radius 3 is 1.68 bits per heavy atom. The van der Waals surface area contributed by atoms with Gasteiger partial charge in [-0.15, -0.1) is 0 Å². The molecule has 1 aliphatic heterocycles. The minimum absolute atomic E-state index is 0.0963. The first-order chi connectivity index (χ1) is 20.1. The maximum absolute atomic E-state index is 7.29. The highest BCUT2D eigenvalue weighted by molar-refractivity contribution is 5.67. The fourth-order valence-corrected chi connectivity index (χ4v) is 5.42. The zero-order valence-electron chi connectivity index (χ0n) is 23.4. The van der Waals surface area contributed by atoms with Gasteiger partial charge in [-0.05, 0) is 49.2 Å². The molecule has 0 unspecified atom stereocenters. The zero-order valence-corrected chi connectivity index (χ0v) is 23.4. The van der Waals surface area contributed by atoms with Gasteiger partial charge in [-0.3, -0.25) is 0 Å². The molecule has 1 aliphatic rings. The Bertz CT molecular complexity index is 1460. The molecule has 0 atom stereocenters. The molecular weight excluding hydrogens is 508 g/mol. The van der Waals surface area contributed by atoms with E-state index < -0.39 is 11.9 Å². The van der Waals surface area contributed by atoms with Gasteiger partial charge in [0.1, 0.15) is 11.5 Å². The van der Waals surface area contributed by atoms with E-state index in [1.807, 2.05) is 50.2 Å². The molecule has 0 N–H and O–H groups in total. The third kappa shape index (κ3) is 5.62. The summed E-state index contributed by atoms with van der Waals surface area (Å²) in [6, 6.07) is 45.6. The Kier molecular flexibility index (Phi) is 7.86. The van der Waals surface area contributed by atoms with E-state index in [0.29, 0.717) is 19.0 Å². The van der Waals surface area contributed by atoms with Crippen molar-refractivity contribution in [1.29, 1.82) is 0 Å². The van der Waals surface area contributed by atoms with Crippen LogP contribution in [-0.4, -0.2) is 19.3 Å². The molecule has 0 aliphatic carbocycles. The van der Waals surface area contributed by atoms with Gasteiger partial charge in [0.05, 0.1) is 24.9 Å². The number of ether oxygens (including phenoxy) is 4. The van der Waals surface area contributed by atoms with E-state index in [1.165, 1.54) is 0 Å². The lowest BCUT2D eigenvalue weighted by Gasteiger charge is -2.37. The molecule has 1 saturated heterocycles. The second-order valence-electron chi connectivity index (χ2n) is 10.4. The molecule has 0 spiro atoms. The summed E-state index contributed by atoms with van der Waals surface area (Å²) in [6.45, 7) is 5.13. The molecule has 5 aromatic rings. The van der Waals surface area contributed by atoms with Crippen LogP contribution in [0.25, 0.3) is 11.1 Å². The lowest BCUT2D eigenvalue weighted by atomic mass is 9.80. The molecule has 1 heterocycles. The fraction of sp³-hybridized carbons (Fsp3) is 0.189. The van der Waals surface area contributed by atoms with Gasteiger partial charge in [0.15, 0.2) is 11.9 Å². The Hall–Kier alpha value is -4.38. The fourth-order valence-electron chi connectivity index (χ4n) is 5.42. The van der Waals surface area contributed by atoms with E-state index in [-0.39, 0.29) is 6.10 Å². The summed E-state index contributed by atoms with van der Waals surface area (Å²) in [4.78, 5) is 0. The van der Waals surface area contributed by atoms with E-state index in [0.717, 1.165) is 39.1 Å². The van der Waals surface area contributed by atoms with Crippen molar-refractivity contribution in [1.82, 2.24) is 0 Å². The van der Waals surface area contributed by atoms with Gasteiger partial charge in [-0.25, -0.2) is 0 Å². The van der Waals surface area contributed by atoms with E-state index in [9.17, 15) is 0 Å². The van der Waals surface area contributed by atoms with Crippen molar-refractivity contribution >= 4 is 0 Å². The average Bonchev–Trinajstić information content (AvgIpc) is 3.56. The minimum Gasteiger partial charge on any atom is -0.491 e. The molecule has 0 amide bonds. The third-order valence-corrected chi connectivity index (χ3v) is 7.23. The lowest BCUT2D eigenvalue weighted by molar-refractivity contribution is -0.0469. The summed E-state index contributed by atoms with van der Waals surface area (Å²) in [5.41, 5.74) is 5.10. The van der Waals surface area contributed by atoms with Crippen LogP contribution in [0.5, 0.6) is 11.5 Å². The summed E-state index contributed by atoms with van der Waals surface area (Å²) < 4.78 is 25.4. The molecule has 4 heteroatoms. The summed E-state index contributed by atoms with van der Waals surface area (Å²) >= 11 is 0. The summed E-state index contributed by atoms with van der Waals surface area (Å²) in [5.74, 6) is 1.54. The highest BCUT2D eigenvalue weighted by Gasteiger charge is 2.40. The number of rotatable bonds is 9. The smallest absolute Gasteiger partial charge is 0.187 e. The minimum atomic E-state index is -0.913. The molecule has 1 fully saturated rings. The predicted octanol–water partition coefficient (Wildman–Crippen LogP) is 8.56. The maximum Gasteiger partial charge on any atom is 0.187 e. The van der Waals surface area contributed by atoms with Gasteiger partial charge in [-0.1, -0.05) is 109 Å². The number of hydrogen-bond acceptors (Lipinski definition) is 4. The Morgan fingerprint density at radius 2 is 1.15 bits per heavy atom. The molecule has 0 aromatic heterocycles. The lowest BCUT2D eigenvalue weighted by Crippen LogP contribution is -2.36. The average molecular weight is 543 g/mol. The van der Waals surface area contributed by atoms with E-state index in [1.54, 1.807) is 0 Å². The second kappa shape index (κ2) is 12.0. The monoisotopic (exact) mass is 542 g/mol. The van der Waals surface area contributed by atoms with Crippen molar-refractivity contribution < 1.29 is 18.9 Å². The topological polar surface area (TPSA) is 36.9 Å². The van der Waals surface area contributed by atoms with Crippen LogP contribution < -0.4 is 9.47 Å². The van der Waals surface area contributed by atoms with Crippen LogP contribution in [-0.2, 0) is 15.1 Å². The maximum atomic E-state index is 7.29. The van der Waals surface area contributed by atoms with Gasteiger partial charge < -0.3 is 18.9 Å². The highest BCUT2D eigenvalue weighted by atomic mass is 16.7. The largest absolute Gasteiger partial charge is 0.491 e. The standard InChI is InChI=1S/C37H34O4/c1-27(2)40-33-20-12-13-28(25-33)29-21-22-35(34(26-29)36-38-23-24-39-36)41-37(30-14-6-3-7-15-30,31-16-8-4-9-17-31)32-18-10-5-11-19-32/h3-22,25-27,36H,23-24H2,1-2H3. The quantitative estimate of drug-likeness (QED) is 0.175. The third-order valence-electron chi connectivity index (χ3n) is 7.23.